The van der Waals surface area contributed by atoms with E-state index in [4.69, 9.17) is 0 Å². The quantitative estimate of drug-likeness (QED) is 0.410. The van der Waals surface area contributed by atoms with E-state index in [0.29, 0.717) is 17.0 Å². The Morgan fingerprint density at radius 2 is 1.61 bits per heavy atom. The zero-order valence-electron chi connectivity index (χ0n) is 18.6. The molecule has 2 aliphatic carbocycles. The minimum Gasteiger partial charge on any atom is -0.206 e. The predicted molar refractivity (Wildman–Crippen MR) is 126 cm³/mol. The summed E-state index contributed by atoms with van der Waals surface area (Å²) in [6, 6.07) is 10.6. The number of aryl methyl sites for hydroxylation is 1. The van der Waals surface area contributed by atoms with Gasteiger partial charge in [0.05, 0.1) is 0 Å². The van der Waals surface area contributed by atoms with Crippen molar-refractivity contribution in [2.24, 2.45) is 17.8 Å². The summed E-state index contributed by atoms with van der Waals surface area (Å²) >= 11 is 0. The molecule has 4 rings (SSSR count). The molecule has 4 atom stereocenters. The number of hydrogen-bond donors (Lipinski definition) is 0. The van der Waals surface area contributed by atoms with Crippen molar-refractivity contribution in [2.75, 3.05) is 0 Å². The molecule has 2 fully saturated rings. The van der Waals surface area contributed by atoms with Crippen molar-refractivity contribution < 1.29 is 8.78 Å². The lowest BCUT2D eigenvalue weighted by atomic mass is 9.64. The van der Waals surface area contributed by atoms with Crippen molar-refractivity contribution in [3.8, 4) is 11.1 Å². The van der Waals surface area contributed by atoms with Crippen LogP contribution in [0.1, 0.15) is 68.9 Å². The highest BCUT2D eigenvalue weighted by atomic mass is 19.1. The van der Waals surface area contributed by atoms with Gasteiger partial charge in [-0.15, -0.1) is 6.58 Å². The van der Waals surface area contributed by atoms with E-state index in [2.05, 4.69) is 25.7 Å². The lowest BCUT2D eigenvalue weighted by Crippen LogP contribution is -2.30. The Kier molecular flexibility index (Phi) is 7.05. The Morgan fingerprint density at radius 3 is 2.32 bits per heavy atom. The molecule has 0 amide bonds. The van der Waals surface area contributed by atoms with E-state index >= 15 is 4.39 Å². The van der Waals surface area contributed by atoms with Crippen LogP contribution in [0.4, 0.5) is 8.78 Å². The van der Waals surface area contributed by atoms with Crippen molar-refractivity contribution >= 4 is 0 Å². The molecule has 0 bridgehead atoms. The maximum Gasteiger partial charge on any atom is 0.131 e. The number of allylic oxidation sites excluding steroid dienone is 3. The SMILES string of the molecule is C=CCCc1ccc(-c2ccc(C3CCC4CC(/C=C/C)CCC4C3)cc2F)c(F)c1. The van der Waals surface area contributed by atoms with Gasteiger partial charge in [-0.1, -0.05) is 42.5 Å². The molecule has 164 valence electrons. The minimum absolute atomic E-state index is 0.311. The summed E-state index contributed by atoms with van der Waals surface area (Å²) in [6.45, 7) is 5.82. The smallest absolute Gasteiger partial charge is 0.131 e. The summed E-state index contributed by atoms with van der Waals surface area (Å²) in [7, 11) is 0. The molecule has 2 aromatic carbocycles. The molecule has 0 radical (unpaired) electrons. The fourth-order valence-electron chi connectivity index (χ4n) is 5.88. The lowest BCUT2D eigenvalue weighted by molar-refractivity contribution is 0.133. The van der Waals surface area contributed by atoms with Crippen molar-refractivity contribution in [3.63, 3.8) is 0 Å². The molecule has 2 aromatic rings. The molecule has 0 saturated heterocycles. The van der Waals surface area contributed by atoms with Crippen LogP contribution in [0, 0.1) is 29.4 Å². The maximum atomic E-state index is 15.1. The van der Waals surface area contributed by atoms with Crippen molar-refractivity contribution in [1.82, 2.24) is 0 Å². The Bertz CT molecular complexity index is 942. The van der Waals surface area contributed by atoms with E-state index in [9.17, 15) is 4.39 Å². The average Bonchev–Trinajstić information content (AvgIpc) is 2.78. The van der Waals surface area contributed by atoms with Crippen LogP contribution in [0.5, 0.6) is 0 Å². The van der Waals surface area contributed by atoms with E-state index in [-0.39, 0.29) is 11.6 Å². The van der Waals surface area contributed by atoms with Crippen LogP contribution < -0.4 is 0 Å². The fraction of sp³-hybridized carbons (Fsp3) is 0.448. The van der Waals surface area contributed by atoms with E-state index in [0.717, 1.165) is 48.1 Å². The molecule has 2 saturated carbocycles. The molecular formula is C29H34F2. The molecule has 0 aliphatic heterocycles. The van der Waals surface area contributed by atoms with E-state index in [1.54, 1.807) is 18.2 Å². The van der Waals surface area contributed by atoms with Gasteiger partial charge in [-0.05, 0) is 105 Å². The predicted octanol–water partition coefficient (Wildman–Crippen LogP) is 8.63. The van der Waals surface area contributed by atoms with Crippen LogP contribution >= 0.6 is 0 Å². The van der Waals surface area contributed by atoms with Gasteiger partial charge in [-0.3, -0.25) is 0 Å². The zero-order valence-corrected chi connectivity index (χ0v) is 18.6. The number of benzene rings is 2. The van der Waals surface area contributed by atoms with Gasteiger partial charge in [-0.25, -0.2) is 8.78 Å². The normalized spacial score (nSPS) is 26.0. The first kappa shape index (κ1) is 22.0. The zero-order chi connectivity index (χ0) is 21.8. The molecule has 0 heterocycles. The molecule has 0 N–H and O–H groups in total. The third-order valence-electron chi connectivity index (χ3n) is 7.54. The molecule has 0 nitrogen and oxygen atoms in total. The molecular weight excluding hydrogens is 386 g/mol. The molecule has 31 heavy (non-hydrogen) atoms. The van der Waals surface area contributed by atoms with Gasteiger partial charge in [0.15, 0.2) is 0 Å². The standard InChI is InChI=1S/C29H34F2/c1-3-5-7-21-9-14-26(28(30)17-21)27-15-13-25(19-29(27)31)24-12-11-22-16-20(6-4-2)8-10-23(22)18-24/h3-4,6,9,13-15,17,19-20,22-24H,1,5,7-8,10-12,16,18H2,2H3/b6-4+. The van der Waals surface area contributed by atoms with E-state index in [1.807, 2.05) is 18.2 Å². The Labute approximate surface area is 186 Å². The van der Waals surface area contributed by atoms with Crippen LogP contribution in [-0.2, 0) is 6.42 Å². The summed E-state index contributed by atoms with van der Waals surface area (Å²) in [5.41, 5.74) is 2.70. The highest BCUT2D eigenvalue weighted by molar-refractivity contribution is 5.65. The number of rotatable bonds is 6. The lowest BCUT2D eigenvalue weighted by Gasteiger charge is -2.41. The minimum atomic E-state index is -0.355. The largest absolute Gasteiger partial charge is 0.206 e. The van der Waals surface area contributed by atoms with Crippen molar-refractivity contribution in [3.05, 3.63) is 84.0 Å². The summed E-state index contributed by atoms with van der Waals surface area (Å²) in [4.78, 5) is 0. The number of hydrogen-bond acceptors (Lipinski definition) is 0. The molecule has 0 aromatic heterocycles. The first-order valence-electron chi connectivity index (χ1n) is 11.9. The van der Waals surface area contributed by atoms with Gasteiger partial charge in [0.1, 0.15) is 11.6 Å². The summed E-state index contributed by atoms with van der Waals surface area (Å²) in [5.74, 6) is 2.10. The van der Waals surface area contributed by atoms with Crippen molar-refractivity contribution in [2.45, 2.75) is 64.2 Å². The second kappa shape index (κ2) is 9.94. The molecule has 2 heteroatoms. The third-order valence-corrected chi connectivity index (χ3v) is 7.54. The highest BCUT2D eigenvalue weighted by Gasteiger charge is 2.35. The summed E-state index contributed by atoms with van der Waals surface area (Å²) < 4.78 is 29.7. The Hall–Kier alpha value is -2.22. The van der Waals surface area contributed by atoms with Crippen LogP contribution in [0.25, 0.3) is 11.1 Å². The molecule has 4 unspecified atom stereocenters. The van der Waals surface area contributed by atoms with Gasteiger partial charge in [-0.2, -0.15) is 0 Å². The van der Waals surface area contributed by atoms with Crippen LogP contribution in [0.2, 0.25) is 0 Å². The molecule has 2 aliphatic rings. The third kappa shape index (κ3) is 5.00. The van der Waals surface area contributed by atoms with Crippen LogP contribution in [-0.4, -0.2) is 0 Å². The maximum absolute atomic E-state index is 15.1. The Balaban J connectivity index is 1.47. The van der Waals surface area contributed by atoms with Crippen LogP contribution in [0.15, 0.2) is 61.2 Å². The number of halogens is 2. The Morgan fingerprint density at radius 1 is 0.903 bits per heavy atom. The first-order chi connectivity index (χ1) is 15.1. The first-order valence-corrected chi connectivity index (χ1v) is 11.9. The fourth-order valence-corrected chi connectivity index (χ4v) is 5.88. The average molecular weight is 421 g/mol. The highest BCUT2D eigenvalue weighted by Crippen LogP contribution is 2.48. The monoisotopic (exact) mass is 420 g/mol. The second-order valence-corrected chi connectivity index (χ2v) is 9.51. The van der Waals surface area contributed by atoms with Gasteiger partial charge < -0.3 is 0 Å². The van der Waals surface area contributed by atoms with Gasteiger partial charge in [0, 0.05) is 11.1 Å². The summed E-state index contributed by atoms with van der Waals surface area (Å²) in [6.07, 6.45) is 15.4. The van der Waals surface area contributed by atoms with Crippen LogP contribution in [0.3, 0.4) is 0 Å². The summed E-state index contributed by atoms with van der Waals surface area (Å²) in [5, 5.41) is 0. The topological polar surface area (TPSA) is 0 Å². The van der Waals surface area contributed by atoms with E-state index in [1.165, 1.54) is 38.2 Å². The number of fused-ring (bicyclic) bond motifs is 1. The van der Waals surface area contributed by atoms with E-state index < -0.39 is 0 Å². The molecule has 0 spiro atoms. The second-order valence-electron chi connectivity index (χ2n) is 9.51. The van der Waals surface area contributed by atoms with Gasteiger partial charge in [0.2, 0.25) is 0 Å². The van der Waals surface area contributed by atoms with Gasteiger partial charge in [0.25, 0.3) is 0 Å². The van der Waals surface area contributed by atoms with Gasteiger partial charge >= 0.3 is 0 Å². The van der Waals surface area contributed by atoms with Crippen molar-refractivity contribution in [1.29, 1.82) is 0 Å².